The monoisotopic (exact) mass is 357 g/mol. The van der Waals surface area contributed by atoms with Crippen LogP contribution < -0.4 is 5.32 Å². The van der Waals surface area contributed by atoms with E-state index < -0.39 is 0 Å². The molecule has 0 aliphatic heterocycles. The Labute approximate surface area is 149 Å². The number of carbonyl (C=O) groups is 1. The minimum absolute atomic E-state index is 0.322. The Morgan fingerprint density at radius 2 is 1.79 bits per heavy atom. The molecule has 0 atom stereocenters. The Morgan fingerprint density at radius 1 is 1.00 bits per heavy atom. The van der Waals surface area contributed by atoms with Crippen molar-refractivity contribution in [2.45, 2.75) is 0 Å². The number of amides is 1. The highest BCUT2D eigenvalue weighted by Gasteiger charge is 2.05. The summed E-state index contributed by atoms with van der Waals surface area (Å²) in [6.45, 7) is 0. The summed E-state index contributed by atoms with van der Waals surface area (Å²) in [6, 6.07) is 18.3. The lowest BCUT2D eigenvalue weighted by molar-refractivity contribution is -0.111. The average molecular weight is 358 g/mol. The van der Waals surface area contributed by atoms with E-state index >= 15 is 0 Å². The van der Waals surface area contributed by atoms with Gasteiger partial charge in [-0.15, -0.1) is 0 Å². The summed E-state index contributed by atoms with van der Waals surface area (Å²) < 4.78 is 5.70. The number of nitrogens with one attached hydrogen (secondary N) is 1. The van der Waals surface area contributed by atoms with Crippen LogP contribution in [0.1, 0.15) is 5.76 Å². The highest BCUT2D eigenvalue weighted by Crippen LogP contribution is 2.25. The van der Waals surface area contributed by atoms with Crippen LogP contribution in [-0.4, -0.2) is 5.91 Å². The van der Waals surface area contributed by atoms with E-state index in [4.69, 9.17) is 27.6 Å². The number of benzene rings is 2. The first-order chi connectivity index (χ1) is 11.6. The topological polar surface area (TPSA) is 42.2 Å². The van der Waals surface area contributed by atoms with Crippen molar-refractivity contribution in [2.24, 2.45) is 0 Å². The molecule has 120 valence electrons. The third-order valence-corrected chi connectivity index (χ3v) is 3.84. The van der Waals surface area contributed by atoms with Crippen LogP contribution in [0.25, 0.3) is 17.4 Å². The molecule has 0 unspecified atom stereocenters. The molecule has 3 aromatic rings. The summed E-state index contributed by atoms with van der Waals surface area (Å²) in [5, 5.41) is 3.60. The third kappa shape index (κ3) is 4.07. The summed E-state index contributed by atoms with van der Waals surface area (Å²) in [5.74, 6) is 1.01. The summed E-state index contributed by atoms with van der Waals surface area (Å²) in [6.07, 6.45) is 2.98. The molecular formula is C19H13Cl2NO2. The number of halogens is 2. The van der Waals surface area contributed by atoms with Crippen molar-refractivity contribution in [3.8, 4) is 11.3 Å². The van der Waals surface area contributed by atoms with E-state index in [9.17, 15) is 4.79 Å². The lowest BCUT2D eigenvalue weighted by Gasteiger charge is -2.04. The Hall–Kier alpha value is -2.49. The number of hydrogen-bond acceptors (Lipinski definition) is 2. The fourth-order valence-corrected chi connectivity index (χ4v) is 2.46. The molecule has 5 heteroatoms. The Morgan fingerprint density at radius 3 is 2.58 bits per heavy atom. The van der Waals surface area contributed by atoms with Crippen LogP contribution >= 0.6 is 23.2 Å². The zero-order chi connectivity index (χ0) is 16.9. The number of anilines is 1. The Balaban J connectivity index is 1.69. The molecule has 1 N–H and O–H groups in total. The van der Waals surface area contributed by atoms with Crippen LogP contribution in [0.4, 0.5) is 5.69 Å². The lowest BCUT2D eigenvalue weighted by Crippen LogP contribution is -2.08. The van der Waals surface area contributed by atoms with Crippen molar-refractivity contribution in [3.63, 3.8) is 0 Å². The van der Waals surface area contributed by atoms with E-state index in [2.05, 4.69) is 5.32 Å². The Bertz CT molecular complexity index is 885. The van der Waals surface area contributed by atoms with Crippen molar-refractivity contribution < 1.29 is 9.21 Å². The van der Waals surface area contributed by atoms with Gasteiger partial charge in [0.25, 0.3) is 0 Å². The van der Waals surface area contributed by atoms with Gasteiger partial charge in [0, 0.05) is 16.7 Å². The van der Waals surface area contributed by atoms with Crippen LogP contribution in [0.2, 0.25) is 10.0 Å². The highest BCUT2D eigenvalue weighted by atomic mass is 35.5. The second-order valence-electron chi connectivity index (χ2n) is 5.01. The molecule has 3 nitrogen and oxygen atoms in total. The molecule has 0 aliphatic rings. The molecular weight excluding hydrogens is 345 g/mol. The van der Waals surface area contributed by atoms with Gasteiger partial charge in [0.15, 0.2) is 0 Å². The van der Waals surface area contributed by atoms with Crippen molar-refractivity contribution in [2.75, 3.05) is 5.32 Å². The fourth-order valence-electron chi connectivity index (χ4n) is 2.13. The van der Waals surface area contributed by atoms with Gasteiger partial charge >= 0.3 is 0 Å². The maximum Gasteiger partial charge on any atom is 0.248 e. The molecule has 0 radical (unpaired) electrons. The highest BCUT2D eigenvalue weighted by molar-refractivity contribution is 6.35. The largest absolute Gasteiger partial charge is 0.457 e. The van der Waals surface area contributed by atoms with Gasteiger partial charge in [0.2, 0.25) is 5.91 Å². The number of carbonyl (C=O) groups excluding carboxylic acids is 1. The predicted octanol–water partition coefficient (Wildman–Crippen LogP) is 5.91. The van der Waals surface area contributed by atoms with Crippen molar-refractivity contribution in [3.05, 3.63) is 82.5 Å². The summed E-state index contributed by atoms with van der Waals surface area (Å²) in [5.41, 5.74) is 1.44. The maximum absolute atomic E-state index is 12.0. The van der Waals surface area contributed by atoms with E-state index in [0.717, 1.165) is 11.3 Å². The smallest absolute Gasteiger partial charge is 0.248 e. The normalized spacial score (nSPS) is 10.9. The van der Waals surface area contributed by atoms with Gasteiger partial charge < -0.3 is 9.73 Å². The fraction of sp³-hybridized carbons (Fsp3) is 0. The SMILES string of the molecule is O=C(/C=C/c1ccc(-c2ccccc2)o1)Nc1cc(Cl)ccc1Cl. The standard InChI is InChI=1S/C19H13Cl2NO2/c20-14-6-9-16(21)17(12-14)22-19(23)11-8-15-7-10-18(24-15)13-4-2-1-3-5-13/h1-12H,(H,22,23)/b11-8+. The summed E-state index contributed by atoms with van der Waals surface area (Å²) >= 11 is 11.9. The van der Waals surface area contributed by atoms with Gasteiger partial charge in [-0.2, -0.15) is 0 Å². The first-order valence-electron chi connectivity index (χ1n) is 7.21. The second kappa shape index (κ2) is 7.39. The third-order valence-electron chi connectivity index (χ3n) is 3.27. The number of hydrogen-bond donors (Lipinski definition) is 1. The molecule has 3 rings (SSSR count). The zero-order valence-electron chi connectivity index (χ0n) is 12.5. The summed E-state index contributed by atoms with van der Waals surface area (Å²) in [4.78, 5) is 12.0. The summed E-state index contributed by atoms with van der Waals surface area (Å²) in [7, 11) is 0. The van der Waals surface area contributed by atoms with Crippen LogP contribution in [0.3, 0.4) is 0 Å². The van der Waals surface area contributed by atoms with E-state index in [1.54, 1.807) is 30.3 Å². The molecule has 24 heavy (non-hydrogen) atoms. The van der Waals surface area contributed by atoms with Gasteiger partial charge in [0.05, 0.1) is 10.7 Å². The predicted molar refractivity (Wildman–Crippen MR) is 98.3 cm³/mol. The second-order valence-corrected chi connectivity index (χ2v) is 5.86. The minimum atomic E-state index is -0.322. The number of rotatable bonds is 4. The van der Waals surface area contributed by atoms with Crippen molar-refractivity contribution in [1.29, 1.82) is 0 Å². The zero-order valence-corrected chi connectivity index (χ0v) is 14.0. The molecule has 0 aliphatic carbocycles. The lowest BCUT2D eigenvalue weighted by atomic mass is 10.2. The van der Waals surface area contributed by atoms with Gasteiger partial charge in [-0.25, -0.2) is 0 Å². The minimum Gasteiger partial charge on any atom is -0.457 e. The van der Waals surface area contributed by atoms with Crippen LogP contribution in [0, 0.1) is 0 Å². The number of furan rings is 1. The average Bonchev–Trinajstić information content (AvgIpc) is 3.06. The molecule has 0 fully saturated rings. The molecule has 2 aromatic carbocycles. The Kier molecular flexibility index (Phi) is 5.04. The first-order valence-corrected chi connectivity index (χ1v) is 7.97. The van der Waals surface area contributed by atoms with Gasteiger partial charge in [-0.3, -0.25) is 4.79 Å². The van der Waals surface area contributed by atoms with Crippen molar-refractivity contribution >= 4 is 40.9 Å². The maximum atomic E-state index is 12.0. The van der Waals surface area contributed by atoms with E-state index in [1.807, 2.05) is 36.4 Å². The quantitative estimate of drug-likeness (QED) is 0.590. The molecule has 0 bridgehead atoms. The van der Waals surface area contributed by atoms with Crippen LogP contribution in [0.5, 0.6) is 0 Å². The van der Waals surface area contributed by atoms with E-state index in [-0.39, 0.29) is 5.91 Å². The molecule has 0 saturated heterocycles. The molecule has 0 saturated carbocycles. The van der Waals surface area contributed by atoms with Gasteiger partial charge in [-0.1, -0.05) is 53.5 Å². The molecule has 1 amide bonds. The van der Waals surface area contributed by atoms with E-state index in [1.165, 1.54) is 6.08 Å². The molecule has 1 heterocycles. The molecule has 1 aromatic heterocycles. The van der Waals surface area contributed by atoms with Gasteiger partial charge in [0.1, 0.15) is 11.5 Å². The van der Waals surface area contributed by atoms with Crippen LogP contribution in [0.15, 0.2) is 71.2 Å². The van der Waals surface area contributed by atoms with Crippen molar-refractivity contribution in [1.82, 2.24) is 0 Å². The first kappa shape index (κ1) is 16.4. The van der Waals surface area contributed by atoms with Crippen LogP contribution in [-0.2, 0) is 4.79 Å². The molecule has 0 spiro atoms. The van der Waals surface area contributed by atoms with E-state index in [0.29, 0.717) is 21.5 Å². The van der Waals surface area contributed by atoms with Gasteiger partial charge in [-0.05, 0) is 36.4 Å².